The molecule has 2 aromatic heterocycles. The number of aromatic nitrogens is 2. The van der Waals surface area contributed by atoms with Crippen LogP contribution in [0.1, 0.15) is 63.3 Å². The van der Waals surface area contributed by atoms with Crippen LogP contribution >= 0.6 is 0 Å². The van der Waals surface area contributed by atoms with Gasteiger partial charge in [0, 0.05) is 24.4 Å². The predicted molar refractivity (Wildman–Crippen MR) is 185 cm³/mol. The molecule has 0 unspecified atom stereocenters. The maximum atomic E-state index is 13.7. The summed E-state index contributed by atoms with van der Waals surface area (Å²) in [6.45, 7) is 8.13. The highest BCUT2D eigenvalue weighted by Crippen LogP contribution is 2.57. The third-order valence-electron chi connectivity index (χ3n) is 9.87. The fourth-order valence-electron chi connectivity index (χ4n) is 7.47. The van der Waals surface area contributed by atoms with Crippen molar-refractivity contribution < 1.29 is 9.22 Å². The molecule has 0 N–H and O–H groups in total. The molecule has 1 aliphatic heterocycles. The van der Waals surface area contributed by atoms with Crippen LogP contribution in [0.5, 0.6) is 0 Å². The third kappa shape index (κ3) is 5.10. The second kappa shape index (κ2) is 11.7. The van der Waals surface area contributed by atoms with Crippen molar-refractivity contribution in [2.24, 2.45) is 0 Å². The van der Waals surface area contributed by atoms with Gasteiger partial charge >= 0.3 is 0 Å². The van der Waals surface area contributed by atoms with E-state index in [-0.39, 0.29) is 16.4 Å². The van der Waals surface area contributed by atoms with Gasteiger partial charge in [-0.3, -0.25) is 14.8 Å². The van der Waals surface area contributed by atoms with Gasteiger partial charge in [0.25, 0.3) is 8.32 Å². The zero-order valence-corrected chi connectivity index (χ0v) is 27.5. The van der Waals surface area contributed by atoms with Crippen LogP contribution < -0.4 is 15.3 Å². The molecule has 0 atom stereocenters. The fraction of sp³-hybridized carbons (Fsp3) is 0.308. The van der Waals surface area contributed by atoms with Crippen LogP contribution in [-0.4, -0.2) is 30.8 Å². The van der Waals surface area contributed by atoms with Crippen LogP contribution in [0.3, 0.4) is 0 Å². The van der Waals surface area contributed by atoms with Gasteiger partial charge in [-0.05, 0) is 70.1 Å². The van der Waals surface area contributed by atoms with Crippen molar-refractivity contribution in [2.75, 3.05) is 11.5 Å². The van der Waals surface area contributed by atoms with E-state index in [9.17, 15) is 4.79 Å². The molecule has 45 heavy (non-hydrogen) atoms. The lowest BCUT2D eigenvalue weighted by molar-refractivity contribution is -0.120. The van der Waals surface area contributed by atoms with Crippen molar-refractivity contribution >= 4 is 41.1 Å². The number of carbonyl (C=O) groups is 1. The molecule has 1 aliphatic carbocycles. The molecule has 3 aromatic carbocycles. The summed E-state index contributed by atoms with van der Waals surface area (Å²) in [5, 5.41) is 4.92. The number of aryl methyl sites for hydroxylation is 1. The van der Waals surface area contributed by atoms with E-state index in [4.69, 9.17) is 9.41 Å². The standard InChI is InChI=1S/C39H41N3O2Si/c1-38(2,3)45(30-15-6-4-7-16-30,31-17-8-5-9-18-31)44-25-13-12-20-33-32-19-11-10-14-29(32)26-41-35(33)28-42-36-27-40-24-21-34(36)39(22-23-39)37(42)43/h4-11,14-19,21,24,26-27H,12-13,20,22-23,25,28H2,1-3H3. The number of unbranched alkanes of at least 4 members (excludes halogenated alkanes) is 1. The molecule has 5 nitrogen and oxygen atoms in total. The van der Waals surface area contributed by atoms with Gasteiger partial charge in [-0.15, -0.1) is 0 Å². The molecular formula is C39H41N3O2Si. The normalized spacial score (nSPS) is 15.5. The first kappa shape index (κ1) is 29.6. The summed E-state index contributed by atoms with van der Waals surface area (Å²) in [4.78, 5) is 25.0. The van der Waals surface area contributed by atoms with Crippen LogP contribution in [0.25, 0.3) is 10.8 Å². The van der Waals surface area contributed by atoms with Crippen molar-refractivity contribution in [3.8, 4) is 0 Å². The Hall–Kier alpha value is -4.13. The third-order valence-corrected chi connectivity index (χ3v) is 14.9. The summed E-state index contributed by atoms with van der Waals surface area (Å²) in [7, 11) is -2.57. The number of hydrogen-bond donors (Lipinski definition) is 0. The first-order valence-electron chi connectivity index (χ1n) is 16.2. The molecule has 0 bridgehead atoms. The predicted octanol–water partition coefficient (Wildman–Crippen LogP) is 7.11. The monoisotopic (exact) mass is 611 g/mol. The Morgan fingerprint density at radius 3 is 2.18 bits per heavy atom. The summed E-state index contributed by atoms with van der Waals surface area (Å²) in [6, 6.07) is 32.2. The van der Waals surface area contributed by atoms with E-state index in [1.807, 2.05) is 29.6 Å². The lowest BCUT2D eigenvalue weighted by Gasteiger charge is -2.43. The van der Waals surface area contributed by atoms with Crippen molar-refractivity contribution in [1.82, 2.24) is 9.97 Å². The van der Waals surface area contributed by atoms with Crippen LogP contribution in [-0.2, 0) is 27.6 Å². The van der Waals surface area contributed by atoms with Gasteiger partial charge in [-0.25, -0.2) is 0 Å². The molecule has 7 rings (SSSR count). The van der Waals surface area contributed by atoms with E-state index in [0.717, 1.165) is 54.4 Å². The molecule has 0 saturated heterocycles. The number of nitrogens with zero attached hydrogens (tertiary/aromatic N) is 3. The highest BCUT2D eigenvalue weighted by atomic mass is 28.4. The molecule has 5 aromatic rings. The zero-order chi connectivity index (χ0) is 31.1. The minimum atomic E-state index is -2.57. The van der Waals surface area contributed by atoms with Gasteiger partial charge < -0.3 is 9.33 Å². The van der Waals surface area contributed by atoms with E-state index < -0.39 is 8.32 Å². The highest BCUT2D eigenvalue weighted by molar-refractivity contribution is 6.99. The average molecular weight is 612 g/mol. The topological polar surface area (TPSA) is 55.3 Å². The molecule has 3 heterocycles. The number of pyridine rings is 2. The number of rotatable bonds is 10. The van der Waals surface area contributed by atoms with Gasteiger partial charge in [-0.1, -0.05) is 106 Å². The Labute approximate surface area is 267 Å². The lowest BCUT2D eigenvalue weighted by Crippen LogP contribution is -2.66. The number of fused-ring (bicyclic) bond motifs is 3. The van der Waals surface area contributed by atoms with Crippen molar-refractivity contribution in [2.45, 2.75) is 69.9 Å². The van der Waals surface area contributed by atoms with Gasteiger partial charge in [-0.2, -0.15) is 0 Å². The van der Waals surface area contributed by atoms with Crippen molar-refractivity contribution in [3.63, 3.8) is 0 Å². The average Bonchev–Trinajstić information content (AvgIpc) is 3.84. The summed E-state index contributed by atoms with van der Waals surface area (Å²) in [5.41, 5.74) is 3.94. The first-order valence-corrected chi connectivity index (χ1v) is 18.1. The smallest absolute Gasteiger partial charge is 0.261 e. The van der Waals surface area contributed by atoms with Crippen LogP contribution in [0.15, 0.2) is 110 Å². The van der Waals surface area contributed by atoms with Gasteiger partial charge in [0.2, 0.25) is 5.91 Å². The van der Waals surface area contributed by atoms with E-state index in [1.54, 1.807) is 0 Å². The second-order valence-electron chi connectivity index (χ2n) is 13.6. The summed E-state index contributed by atoms with van der Waals surface area (Å²) >= 11 is 0. The molecule has 228 valence electrons. The molecule has 1 fully saturated rings. The summed E-state index contributed by atoms with van der Waals surface area (Å²) in [5.74, 6) is 0.199. The Morgan fingerprint density at radius 2 is 1.51 bits per heavy atom. The molecule has 0 radical (unpaired) electrons. The van der Waals surface area contributed by atoms with Gasteiger partial charge in [0.1, 0.15) is 0 Å². The second-order valence-corrected chi connectivity index (χ2v) is 17.9. The van der Waals surface area contributed by atoms with Crippen LogP contribution in [0.4, 0.5) is 5.69 Å². The SMILES string of the molecule is CC(C)(C)[Si](OCCCCc1c(CN2C(=O)C3(CC3)c3ccncc32)ncc2ccccc12)(c1ccccc1)c1ccccc1. The Kier molecular flexibility index (Phi) is 7.66. The van der Waals surface area contributed by atoms with Crippen molar-refractivity contribution in [3.05, 3.63) is 126 Å². The summed E-state index contributed by atoms with van der Waals surface area (Å²) in [6.07, 6.45) is 10.2. The molecule has 1 saturated carbocycles. The zero-order valence-electron chi connectivity index (χ0n) is 26.5. The number of amides is 1. The molecular weight excluding hydrogens is 571 g/mol. The maximum absolute atomic E-state index is 13.7. The minimum absolute atomic E-state index is 0.0469. The van der Waals surface area contributed by atoms with E-state index in [1.165, 1.54) is 21.3 Å². The Bertz CT molecular complexity index is 1790. The van der Waals surface area contributed by atoms with E-state index in [0.29, 0.717) is 13.2 Å². The quantitative estimate of drug-likeness (QED) is 0.125. The Balaban J connectivity index is 1.13. The molecule has 2 aliphatic rings. The number of hydrogen-bond acceptors (Lipinski definition) is 4. The van der Waals surface area contributed by atoms with E-state index in [2.05, 4.69) is 111 Å². The van der Waals surface area contributed by atoms with Gasteiger partial charge in [0.15, 0.2) is 0 Å². The number of benzene rings is 3. The first-order chi connectivity index (χ1) is 21.8. The largest absolute Gasteiger partial charge is 0.407 e. The Morgan fingerprint density at radius 1 is 0.844 bits per heavy atom. The molecule has 1 spiro atoms. The minimum Gasteiger partial charge on any atom is -0.407 e. The molecule has 6 heteroatoms. The van der Waals surface area contributed by atoms with Crippen molar-refractivity contribution in [1.29, 1.82) is 0 Å². The van der Waals surface area contributed by atoms with Crippen LogP contribution in [0.2, 0.25) is 5.04 Å². The van der Waals surface area contributed by atoms with Crippen LogP contribution in [0, 0.1) is 0 Å². The maximum Gasteiger partial charge on any atom is 0.261 e. The number of anilines is 1. The number of carbonyl (C=O) groups excluding carboxylic acids is 1. The highest BCUT2D eigenvalue weighted by Gasteiger charge is 2.59. The molecule has 1 amide bonds. The summed E-state index contributed by atoms with van der Waals surface area (Å²) < 4.78 is 7.18. The lowest BCUT2D eigenvalue weighted by atomic mass is 9.99. The van der Waals surface area contributed by atoms with Gasteiger partial charge in [0.05, 0.1) is 29.5 Å². The van der Waals surface area contributed by atoms with E-state index >= 15 is 0 Å². The fourth-order valence-corrected chi connectivity index (χ4v) is 12.1.